The molecule has 29 heavy (non-hydrogen) atoms. The van der Waals surface area contributed by atoms with Gasteiger partial charge in [0.2, 0.25) is 5.88 Å². The van der Waals surface area contributed by atoms with Gasteiger partial charge >= 0.3 is 0 Å². The Balaban J connectivity index is 1.86. The highest BCUT2D eigenvalue weighted by Gasteiger charge is 2.08. The van der Waals surface area contributed by atoms with Gasteiger partial charge in [-0.1, -0.05) is 62.2 Å². The van der Waals surface area contributed by atoms with E-state index in [4.69, 9.17) is 4.74 Å². The lowest BCUT2D eigenvalue weighted by atomic mass is 10.1. The number of carbonyl (C=O) groups is 1. The van der Waals surface area contributed by atoms with Crippen molar-refractivity contribution in [2.24, 2.45) is 4.99 Å². The van der Waals surface area contributed by atoms with Crippen molar-refractivity contribution < 1.29 is 9.53 Å². The Morgan fingerprint density at radius 2 is 1.83 bits per heavy atom. The van der Waals surface area contributed by atoms with Crippen molar-refractivity contribution in [1.82, 2.24) is 9.78 Å². The fourth-order valence-electron chi connectivity index (χ4n) is 3.01. The molecule has 3 rings (SSSR count). The third-order valence-electron chi connectivity index (χ3n) is 4.64. The van der Waals surface area contributed by atoms with Crippen LogP contribution in [0.2, 0.25) is 0 Å². The second kappa shape index (κ2) is 10.4. The molecular weight excluding hydrogens is 362 g/mol. The fraction of sp³-hybridized carbons (Fsp3) is 0.292. The van der Waals surface area contributed by atoms with Crippen LogP contribution in [0.3, 0.4) is 0 Å². The fourth-order valence-corrected chi connectivity index (χ4v) is 3.01. The zero-order valence-corrected chi connectivity index (χ0v) is 17.0. The van der Waals surface area contributed by atoms with Crippen LogP contribution in [0.4, 0.5) is 0 Å². The first kappa shape index (κ1) is 20.5. The summed E-state index contributed by atoms with van der Waals surface area (Å²) in [7, 11) is 0. The molecule has 5 nitrogen and oxygen atoms in total. The zero-order chi connectivity index (χ0) is 20.5. The van der Waals surface area contributed by atoms with Crippen LogP contribution in [0, 0.1) is 6.92 Å². The summed E-state index contributed by atoms with van der Waals surface area (Å²) in [5, 5.41) is 4.97. The molecule has 0 saturated heterocycles. The number of benzene rings is 2. The van der Waals surface area contributed by atoms with Gasteiger partial charge < -0.3 is 4.74 Å². The van der Waals surface area contributed by atoms with Crippen LogP contribution < -0.4 is 10.1 Å². The molecule has 0 aliphatic rings. The molecule has 1 heterocycles. The molecule has 0 saturated carbocycles. The molecule has 0 atom stereocenters. The van der Waals surface area contributed by atoms with Crippen molar-refractivity contribution in [2.45, 2.75) is 39.5 Å². The van der Waals surface area contributed by atoms with Crippen LogP contribution in [-0.2, 0) is 11.2 Å². The van der Waals surface area contributed by atoms with E-state index < -0.39 is 0 Å². The van der Waals surface area contributed by atoms with E-state index in [9.17, 15) is 4.79 Å². The van der Waals surface area contributed by atoms with E-state index in [1.807, 2.05) is 61.5 Å². The summed E-state index contributed by atoms with van der Waals surface area (Å²) in [6.45, 7) is 4.76. The first-order chi connectivity index (χ1) is 14.2. The van der Waals surface area contributed by atoms with Gasteiger partial charge in [0.05, 0.1) is 30.3 Å². The molecule has 2 aromatic carbocycles. The Morgan fingerprint density at radius 3 is 2.59 bits per heavy atom. The molecule has 0 N–H and O–H groups in total. The minimum Gasteiger partial charge on any atom is -0.478 e. The van der Waals surface area contributed by atoms with Gasteiger partial charge in [-0.15, -0.1) is 0 Å². The molecule has 1 aromatic heterocycles. The SMILES string of the molecule is CCCCCOc1c/c(=N/C(=O)Cc2ccccc2C)cnn1-c1ccccc1. The predicted molar refractivity (Wildman–Crippen MR) is 114 cm³/mol. The van der Waals surface area contributed by atoms with Gasteiger partial charge in [-0.3, -0.25) is 4.79 Å². The van der Waals surface area contributed by atoms with Crippen LogP contribution in [0.1, 0.15) is 37.3 Å². The highest BCUT2D eigenvalue weighted by molar-refractivity contribution is 5.79. The Bertz CT molecular complexity index is 1010. The molecule has 0 aliphatic heterocycles. The van der Waals surface area contributed by atoms with Crippen molar-refractivity contribution in [1.29, 1.82) is 0 Å². The summed E-state index contributed by atoms with van der Waals surface area (Å²) < 4.78 is 7.72. The van der Waals surface area contributed by atoms with E-state index >= 15 is 0 Å². The van der Waals surface area contributed by atoms with Crippen LogP contribution in [0.15, 0.2) is 71.9 Å². The predicted octanol–water partition coefficient (Wildman–Crippen LogP) is 4.42. The molecule has 0 fully saturated rings. The third kappa shape index (κ3) is 5.88. The maximum absolute atomic E-state index is 12.5. The van der Waals surface area contributed by atoms with Gasteiger partial charge in [-0.2, -0.15) is 5.10 Å². The van der Waals surface area contributed by atoms with E-state index in [2.05, 4.69) is 17.0 Å². The van der Waals surface area contributed by atoms with E-state index in [1.165, 1.54) is 0 Å². The number of carbonyl (C=O) groups excluding carboxylic acids is 1. The van der Waals surface area contributed by atoms with E-state index in [1.54, 1.807) is 16.9 Å². The van der Waals surface area contributed by atoms with Gasteiger partial charge in [-0.25, -0.2) is 9.67 Å². The Morgan fingerprint density at radius 1 is 1.07 bits per heavy atom. The summed E-state index contributed by atoms with van der Waals surface area (Å²) in [6, 6.07) is 19.4. The van der Waals surface area contributed by atoms with Gasteiger partial charge in [0.1, 0.15) is 0 Å². The second-order valence-electron chi connectivity index (χ2n) is 6.96. The molecule has 0 radical (unpaired) electrons. The smallest absolute Gasteiger partial charge is 0.250 e. The summed E-state index contributed by atoms with van der Waals surface area (Å²) in [6.07, 6.45) is 5.08. The minimum absolute atomic E-state index is 0.199. The van der Waals surface area contributed by atoms with Crippen LogP contribution in [-0.4, -0.2) is 22.3 Å². The van der Waals surface area contributed by atoms with Gasteiger partial charge in [0.15, 0.2) is 0 Å². The van der Waals surface area contributed by atoms with Crippen molar-refractivity contribution in [3.63, 3.8) is 0 Å². The number of aryl methyl sites for hydroxylation is 1. The molecule has 0 bridgehead atoms. The molecule has 5 heteroatoms. The number of hydrogen-bond acceptors (Lipinski definition) is 3. The molecule has 0 spiro atoms. The average molecular weight is 389 g/mol. The quantitative estimate of drug-likeness (QED) is 0.536. The van der Waals surface area contributed by atoms with E-state index in [-0.39, 0.29) is 12.3 Å². The zero-order valence-electron chi connectivity index (χ0n) is 17.0. The van der Waals surface area contributed by atoms with E-state index in [0.717, 1.165) is 36.1 Å². The number of nitrogens with zero attached hydrogens (tertiary/aromatic N) is 3. The molecule has 0 aliphatic carbocycles. The first-order valence-electron chi connectivity index (χ1n) is 10.1. The number of amides is 1. The maximum Gasteiger partial charge on any atom is 0.250 e. The summed E-state index contributed by atoms with van der Waals surface area (Å²) >= 11 is 0. The monoisotopic (exact) mass is 389 g/mol. The number of ether oxygens (including phenoxy) is 1. The minimum atomic E-state index is -0.199. The van der Waals surface area contributed by atoms with Gasteiger partial charge in [-0.05, 0) is 36.6 Å². The first-order valence-corrected chi connectivity index (χ1v) is 10.1. The highest BCUT2D eigenvalue weighted by Crippen LogP contribution is 2.15. The molecule has 150 valence electrons. The molecule has 0 unspecified atom stereocenters. The highest BCUT2D eigenvalue weighted by atomic mass is 16.5. The van der Waals surface area contributed by atoms with Crippen LogP contribution >= 0.6 is 0 Å². The second-order valence-corrected chi connectivity index (χ2v) is 6.96. The number of unbranched alkanes of at least 4 members (excludes halogenated alkanes) is 2. The number of rotatable bonds is 8. The topological polar surface area (TPSA) is 56.5 Å². The Kier molecular flexibility index (Phi) is 7.34. The van der Waals surface area contributed by atoms with Crippen molar-refractivity contribution in [3.05, 3.63) is 83.3 Å². The number of para-hydroxylation sites is 1. The molecule has 3 aromatic rings. The Labute approximate surface area is 171 Å². The average Bonchev–Trinajstić information content (AvgIpc) is 2.74. The van der Waals surface area contributed by atoms with Crippen molar-refractivity contribution >= 4 is 5.91 Å². The summed E-state index contributed by atoms with van der Waals surface area (Å²) in [5.74, 6) is 0.382. The van der Waals surface area contributed by atoms with Gasteiger partial charge in [0.25, 0.3) is 5.91 Å². The number of hydrogen-bond donors (Lipinski definition) is 0. The lowest BCUT2D eigenvalue weighted by Crippen LogP contribution is -2.16. The van der Waals surface area contributed by atoms with Gasteiger partial charge in [0, 0.05) is 6.07 Å². The lowest BCUT2D eigenvalue weighted by Gasteiger charge is -2.13. The standard InChI is InChI=1S/C24H27N3O2/c1-3-4-10-15-29-24-17-21(18-25-27(24)22-13-6-5-7-14-22)26-23(28)16-20-12-9-8-11-19(20)2/h5-9,11-14,17-18H,3-4,10,15-16H2,1-2H3/b26-21-. The Hall–Kier alpha value is -3.21. The van der Waals surface area contributed by atoms with Crippen molar-refractivity contribution in [3.8, 4) is 11.6 Å². The maximum atomic E-state index is 12.5. The van der Waals surface area contributed by atoms with Crippen LogP contribution in [0.25, 0.3) is 5.69 Å². The summed E-state index contributed by atoms with van der Waals surface area (Å²) in [5.41, 5.74) is 2.97. The van der Waals surface area contributed by atoms with Crippen LogP contribution in [0.5, 0.6) is 5.88 Å². The normalized spacial score (nSPS) is 11.4. The lowest BCUT2D eigenvalue weighted by molar-refractivity contribution is -0.117. The largest absolute Gasteiger partial charge is 0.478 e. The number of aromatic nitrogens is 2. The van der Waals surface area contributed by atoms with E-state index in [0.29, 0.717) is 17.8 Å². The third-order valence-corrected chi connectivity index (χ3v) is 4.64. The molecule has 1 amide bonds. The van der Waals surface area contributed by atoms with Crippen molar-refractivity contribution in [2.75, 3.05) is 6.61 Å². The molecular formula is C24H27N3O2. The summed E-state index contributed by atoms with van der Waals surface area (Å²) in [4.78, 5) is 16.7.